The number of rotatable bonds is 4. The van der Waals surface area contributed by atoms with Gasteiger partial charge in [0.2, 0.25) is 5.91 Å². The molecule has 2 rings (SSSR count). The summed E-state index contributed by atoms with van der Waals surface area (Å²) < 4.78 is 5.57. The molecule has 1 aliphatic heterocycles. The number of ether oxygens (including phenoxy) is 1. The van der Waals surface area contributed by atoms with Gasteiger partial charge in [-0.05, 0) is 51.4 Å². The van der Waals surface area contributed by atoms with Crippen LogP contribution < -0.4 is 15.4 Å². The molecule has 0 saturated carbocycles. The first-order valence-electron chi connectivity index (χ1n) is 7.04. The number of hydrogen-bond acceptors (Lipinski definition) is 3. The molecule has 1 aromatic rings. The van der Waals surface area contributed by atoms with E-state index in [0.29, 0.717) is 16.5 Å². The molecule has 0 aliphatic carbocycles. The average Bonchev–Trinajstić information content (AvgIpc) is 2.42. The van der Waals surface area contributed by atoms with Gasteiger partial charge in [0.05, 0.1) is 17.0 Å². The first-order valence-corrected chi connectivity index (χ1v) is 7.42. The van der Waals surface area contributed by atoms with Crippen LogP contribution in [0, 0.1) is 5.92 Å². The number of carbonyl (C=O) groups is 1. The Hall–Kier alpha value is -1.26. The highest BCUT2D eigenvalue weighted by atomic mass is 35.5. The number of anilines is 1. The quantitative estimate of drug-likeness (QED) is 0.898. The van der Waals surface area contributed by atoms with Gasteiger partial charge < -0.3 is 15.4 Å². The maximum atomic E-state index is 12.1. The van der Waals surface area contributed by atoms with Gasteiger partial charge in [-0.2, -0.15) is 0 Å². The van der Waals surface area contributed by atoms with Gasteiger partial charge in [0.25, 0.3) is 0 Å². The Morgan fingerprint density at radius 2 is 2.30 bits per heavy atom. The summed E-state index contributed by atoms with van der Waals surface area (Å²) in [5, 5.41) is 6.66. The van der Waals surface area contributed by atoms with Crippen molar-refractivity contribution in [3.63, 3.8) is 0 Å². The molecular formula is C15H21ClN2O2. The number of nitrogens with one attached hydrogen (secondary N) is 2. The van der Waals surface area contributed by atoms with E-state index in [1.54, 1.807) is 12.1 Å². The Bertz CT molecular complexity index is 471. The third-order valence-electron chi connectivity index (χ3n) is 3.23. The van der Waals surface area contributed by atoms with Crippen LogP contribution in [0.5, 0.6) is 5.75 Å². The van der Waals surface area contributed by atoms with Crippen molar-refractivity contribution in [2.75, 3.05) is 18.4 Å². The van der Waals surface area contributed by atoms with E-state index in [1.165, 1.54) is 0 Å². The molecule has 0 spiro atoms. The van der Waals surface area contributed by atoms with Crippen LogP contribution in [0.1, 0.15) is 26.7 Å². The fourth-order valence-electron chi connectivity index (χ4n) is 2.25. The van der Waals surface area contributed by atoms with E-state index < -0.39 is 0 Å². The summed E-state index contributed by atoms with van der Waals surface area (Å²) in [7, 11) is 0. The van der Waals surface area contributed by atoms with E-state index in [2.05, 4.69) is 10.6 Å². The fraction of sp³-hybridized carbons (Fsp3) is 0.533. The van der Waals surface area contributed by atoms with Crippen molar-refractivity contribution in [1.82, 2.24) is 5.32 Å². The number of amides is 1. The second-order valence-corrected chi connectivity index (χ2v) is 5.75. The van der Waals surface area contributed by atoms with Gasteiger partial charge in [-0.15, -0.1) is 0 Å². The highest BCUT2D eigenvalue weighted by Gasteiger charge is 2.21. The molecule has 1 aromatic carbocycles. The molecule has 1 atom stereocenters. The lowest BCUT2D eigenvalue weighted by Crippen LogP contribution is -2.37. The molecule has 1 amide bonds. The summed E-state index contributed by atoms with van der Waals surface area (Å²) in [6.45, 7) is 5.63. The zero-order valence-electron chi connectivity index (χ0n) is 11.9. The smallest absolute Gasteiger partial charge is 0.228 e. The van der Waals surface area contributed by atoms with E-state index in [0.717, 1.165) is 25.9 Å². The minimum Gasteiger partial charge on any atom is -0.489 e. The summed E-state index contributed by atoms with van der Waals surface area (Å²) in [6, 6.07) is 5.34. The van der Waals surface area contributed by atoms with E-state index in [9.17, 15) is 4.79 Å². The van der Waals surface area contributed by atoms with Crippen molar-refractivity contribution in [1.29, 1.82) is 0 Å². The van der Waals surface area contributed by atoms with Crippen LogP contribution in [0.2, 0.25) is 5.02 Å². The molecule has 4 nitrogen and oxygen atoms in total. The SMILES string of the molecule is CC(C)Oc1ccc(NC(=O)C2CCCNC2)cc1Cl. The average molecular weight is 297 g/mol. The standard InChI is InChI=1S/C15H21ClN2O2/c1-10(2)20-14-6-5-12(8-13(14)16)18-15(19)11-4-3-7-17-9-11/h5-6,8,10-11,17H,3-4,7,9H2,1-2H3,(H,18,19). The van der Waals surface area contributed by atoms with Gasteiger partial charge in [-0.1, -0.05) is 11.6 Å². The largest absolute Gasteiger partial charge is 0.489 e. The lowest BCUT2D eigenvalue weighted by molar-refractivity contribution is -0.120. The number of piperidine rings is 1. The van der Waals surface area contributed by atoms with Gasteiger partial charge in [-0.25, -0.2) is 0 Å². The van der Waals surface area contributed by atoms with Crippen LogP contribution in [0.4, 0.5) is 5.69 Å². The third-order valence-corrected chi connectivity index (χ3v) is 3.53. The molecule has 1 fully saturated rings. The number of carbonyl (C=O) groups excluding carboxylic acids is 1. The van der Waals surface area contributed by atoms with Crippen LogP contribution >= 0.6 is 11.6 Å². The first-order chi connectivity index (χ1) is 9.56. The molecule has 0 aromatic heterocycles. The zero-order valence-corrected chi connectivity index (χ0v) is 12.7. The van der Waals surface area contributed by atoms with Gasteiger partial charge in [-0.3, -0.25) is 4.79 Å². The van der Waals surface area contributed by atoms with E-state index in [1.807, 2.05) is 19.9 Å². The molecule has 1 saturated heterocycles. The lowest BCUT2D eigenvalue weighted by Gasteiger charge is -2.22. The Balaban J connectivity index is 1.99. The molecule has 1 aliphatic rings. The molecule has 2 N–H and O–H groups in total. The molecule has 5 heteroatoms. The molecule has 1 unspecified atom stereocenters. The zero-order chi connectivity index (χ0) is 14.5. The van der Waals surface area contributed by atoms with Crippen LogP contribution in [0.25, 0.3) is 0 Å². The maximum absolute atomic E-state index is 12.1. The second-order valence-electron chi connectivity index (χ2n) is 5.34. The van der Waals surface area contributed by atoms with Gasteiger partial charge in [0.1, 0.15) is 5.75 Å². The summed E-state index contributed by atoms with van der Waals surface area (Å²) >= 11 is 6.15. The van der Waals surface area contributed by atoms with Crippen molar-refractivity contribution in [2.45, 2.75) is 32.8 Å². The summed E-state index contributed by atoms with van der Waals surface area (Å²) in [5.74, 6) is 0.721. The summed E-state index contributed by atoms with van der Waals surface area (Å²) in [4.78, 5) is 12.1. The lowest BCUT2D eigenvalue weighted by atomic mass is 9.99. The normalized spacial score (nSPS) is 18.9. The van der Waals surface area contributed by atoms with Gasteiger partial charge in [0, 0.05) is 12.2 Å². The minimum absolute atomic E-state index is 0.0362. The van der Waals surface area contributed by atoms with E-state index in [4.69, 9.17) is 16.3 Å². The predicted octanol–water partition coefficient (Wildman–Crippen LogP) is 3.07. The van der Waals surface area contributed by atoms with Crippen LogP contribution in [-0.4, -0.2) is 25.1 Å². The third kappa shape index (κ3) is 4.12. The Kier molecular flexibility index (Phi) is 5.26. The second kappa shape index (κ2) is 6.95. The Morgan fingerprint density at radius 3 is 2.90 bits per heavy atom. The van der Waals surface area contributed by atoms with Gasteiger partial charge >= 0.3 is 0 Å². The van der Waals surface area contributed by atoms with Crippen molar-refractivity contribution >= 4 is 23.2 Å². The minimum atomic E-state index is 0.0362. The molecular weight excluding hydrogens is 276 g/mol. The van der Waals surface area contributed by atoms with Crippen molar-refractivity contribution in [2.24, 2.45) is 5.92 Å². The Labute approximate surface area is 124 Å². The van der Waals surface area contributed by atoms with Crippen molar-refractivity contribution in [3.8, 4) is 5.75 Å². The Morgan fingerprint density at radius 1 is 1.50 bits per heavy atom. The molecule has 20 heavy (non-hydrogen) atoms. The van der Waals surface area contributed by atoms with Crippen LogP contribution in [0.3, 0.4) is 0 Å². The number of benzene rings is 1. The molecule has 0 radical (unpaired) electrons. The van der Waals surface area contributed by atoms with Crippen molar-refractivity contribution < 1.29 is 9.53 Å². The number of halogens is 1. The van der Waals surface area contributed by atoms with Crippen LogP contribution in [0.15, 0.2) is 18.2 Å². The van der Waals surface area contributed by atoms with E-state index in [-0.39, 0.29) is 17.9 Å². The van der Waals surface area contributed by atoms with Crippen LogP contribution in [-0.2, 0) is 4.79 Å². The highest BCUT2D eigenvalue weighted by molar-refractivity contribution is 6.32. The number of hydrogen-bond donors (Lipinski definition) is 2. The monoisotopic (exact) mass is 296 g/mol. The van der Waals surface area contributed by atoms with Gasteiger partial charge in [0.15, 0.2) is 0 Å². The summed E-state index contributed by atoms with van der Waals surface area (Å²) in [5.41, 5.74) is 0.710. The summed E-state index contributed by atoms with van der Waals surface area (Å²) in [6.07, 6.45) is 2.04. The predicted molar refractivity (Wildman–Crippen MR) is 81.4 cm³/mol. The van der Waals surface area contributed by atoms with E-state index >= 15 is 0 Å². The maximum Gasteiger partial charge on any atom is 0.228 e. The molecule has 110 valence electrons. The molecule has 0 bridgehead atoms. The topological polar surface area (TPSA) is 50.4 Å². The fourth-order valence-corrected chi connectivity index (χ4v) is 2.47. The molecule has 1 heterocycles. The first kappa shape index (κ1) is 15.1. The van der Waals surface area contributed by atoms with Crippen molar-refractivity contribution in [3.05, 3.63) is 23.2 Å². The highest BCUT2D eigenvalue weighted by Crippen LogP contribution is 2.28.